The predicted molar refractivity (Wildman–Crippen MR) is 99.4 cm³/mol. The van der Waals surface area contributed by atoms with Gasteiger partial charge in [0.25, 0.3) is 0 Å². The van der Waals surface area contributed by atoms with Gasteiger partial charge in [-0.2, -0.15) is 0 Å². The van der Waals surface area contributed by atoms with Gasteiger partial charge in [0.2, 0.25) is 5.91 Å². The molecule has 27 heavy (non-hydrogen) atoms. The molecule has 0 aliphatic carbocycles. The molecule has 3 amide bonds. The number of hydrogen-bond donors (Lipinski definition) is 2. The first-order chi connectivity index (χ1) is 12.9. The average molecular weight is 386 g/mol. The molecule has 0 radical (unpaired) electrons. The van der Waals surface area contributed by atoms with Crippen LogP contribution in [0.25, 0.3) is 11.0 Å². The van der Waals surface area contributed by atoms with E-state index in [-0.39, 0.29) is 23.6 Å². The highest BCUT2D eigenvalue weighted by Crippen LogP contribution is 2.21. The number of benzene rings is 2. The fourth-order valence-electron chi connectivity index (χ4n) is 2.78. The molecule has 0 saturated heterocycles. The van der Waals surface area contributed by atoms with Gasteiger partial charge in [0.1, 0.15) is 11.6 Å². The zero-order chi connectivity index (χ0) is 19.4. The minimum absolute atomic E-state index is 0.0400. The third-order valence-corrected chi connectivity index (χ3v) is 5.61. The molecule has 0 aliphatic rings. The maximum Gasteiger partial charge on any atom is 0.318 e. The Balaban J connectivity index is 1.93. The fourth-order valence-corrected chi connectivity index (χ4v) is 4.08. The summed E-state index contributed by atoms with van der Waals surface area (Å²) in [6.07, 6.45) is -0.0400. The molecule has 0 unspecified atom stereocenters. The number of carbonyl (C=O) groups is 2. The van der Waals surface area contributed by atoms with E-state index in [0.29, 0.717) is 16.9 Å². The van der Waals surface area contributed by atoms with Crippen molar-refractivity contribution in [2.24, 2.45) is 5.73 Å². The summed E-state index contributed by atoms with van der Waals surface area (Å²) in [5.74, 6) is -0.521. The Morgan fingerprint density at radius 3 is 2.41 bits per heavy atom. The van der Waals surface area contributed by atoms with Crippen molar-refractivity contribution in [3.05, 3.63) is 60.4 Å². The normalized spacial score (nSPS) is 11.4. The second-order valence-corrected chi connectivity index (χ2v) is 7.89. The van der Waals surface area contributed by atoms with Gasteiger partial charge in [0.15, 0.2) is 9.84 Å². The number of primary amides is 1. The van der Waals surface area contributed by atoms with E-state index in [9.17, 15) is 18.0 Å². The Labute approximate surface area is 155 Å². The Bertz CT molecular complexity index is 1090. The van der Waals surface area contributed by atoms with Crippen LogP contribution < -0.4 is 11.1 Å². The molecule has 3 N–H and O–H groups in total. The molecule has 0 bridgehead atoms. The molecule has 9 heteroatoms. The number of sulfone groups is 1. The fraction of sp³-hybridized carbons (Fsp3) is 0.167. The lowest BCUT2D eigenvalue weighted by atomic mass is 10.3. The summed E-state index contributed by atoms with van der Waals surface area (Å²) < 4.78 is 27.1. The van der Waals surface area contributed by atoms with Crippen LogP contribution in [0, 0.1) is 0 Å². The lowest BCUT2D eigenvalue weighted by Gasteiger charge is -2.10. The number of fused-ring (bicyclic) bond motifs is 1. The number of nitrogens with zero attached hydrogens (tertiary/aromatic N) is 2. The van der Waals surface area contributed by atoms with Crippen molar-refractivity contribution in [2.75, 3.05) is 0 Å². The highest BCUT2D eigenvalue weighted by molar-refractivity contribution is 7.90. The van der Waals surface area contributed by atoms with Gasteiger partial charge in [-0.05, 0) is 24.3 Å². The molecule has 0 fully saturated rings. The summed E-state index contributed by atoms with van der Waals surface area (Å²) >= 11 is 0. The Morgan fingerprint density at radius 2 is 1.70 bits per heavy atom. The van der Waals surface area contributed by atoms with Gasteiger partial charge in [-0.1, -0.05) is 30.3 Å². The second kappa shape index (κ2) is 7.58. The first-order valence-electron chi connectivity index (χ1n) is 8.18. The van der Waals surface area contributed by atoms with E-state index in [1.165, 1.54) is 12.1 Å². The second-order valence-electron chi connectivity index (χ2n) is 5.90. The van der Waals surface area contributed by atoms with Gasteiger partial charge in [0.05, 0.1) is 15.9 Å². The number of nitrogens with one attached hydrogen (secondary N) is 1. The van der Waals surface area contributed by atoms with E-state index >= 15 is 0 Å². The largest absolute Gasteiger partial charge is 0.351 e. The lowest BCUT2D eigenvalue weighted by molar-refractivity contribution is -0.120. The lowest BCUT2D eigenvalue weighted by Crippen LogP contribution is -2.35. The molecule has 3 rings (SSSR count). The van der Waals surface area contributed by atoms with E-state index in [2.05, 4.69) is 4.98 Å². The summed E-state index contributed by atoms with van der Waals surface area (Å²) in [6.45, 7) is 0.166. The number of imide groups is 1. The van der Waals surface area contributed by atoms with E-state index in [1.54, 1.807) is 47.0 Å². The molecular formula is C18H18N4O4S. The van der Waals surface area contributed by atoms with Crippen molar-refractivity contribution in [2.45, 2.75) is 23.6 Å². The summed E-state index contributed by atoms with van der Waals surface area (Å²) in [7, 11) is -3.60. The van der Waals surface area contributed by atoms with Crippen LogP contribution in [-0.2, 0) is 26.9 Å². The van der Waals surface area contributed by atoms with Crippen molar-refractivity contribution in [1.82, 2.24) is 14.9 Å². The molecule has 8 nitrogen and oxygen atoms in total. The number of urea groups is 1. The smallest absolute Gasteiger partial charge is 0.318 e. The van der Waals surface area contributed by atoms with Crippen molar-refractivity contribution >= 4 is 32.8 Å². The van der Waals surface area contributed by atoms with E-state index < -0.39 is 21.8 Å². The topological polar surface area (TPSA) is 124 Å². The molecule has 1 aromatic heterocycles. The zero-order valence-corrected chi connectivity index (χ0v) is 15.1. The highest BCUT2D eigenvalue weighted by Gasteiger charge is 2.21. The van der Waals surface area contributed by atoms with Crippen molar-refractivity contribution in [3.63, 3.8) is 0 Å². The van der Waals surface area contributed by atoms with E-state index in [1.807, 2.05) is 5.32 Å². The van der Waals surface area contributed by atoms with E-state index in [0.717, 1.165) is 0 Å². The third-order valence-electron chi connectivity index (χ3n) is 3.98. The molecule has 2 aromatic carbocycles. The van der Waals surface area contributed by atoms with Crippen molar-refractivity contribution in [1.29, 1.82) is 0 Å². The highest BCUT2D eigenvalue weighted by atomic mass is 32.2. The van der Waals surface area contributed by atoms with Gasteiger partial charge in [-0.15, -0.1) is 0 Å². The van der Waals surface area contributed by atoms with Crippen LogP contribution in [0.15, 0.2) is 59.5 Å². The van der Waals surface area contributed by atoms with Gasteiger partial charge >= 0.3 is 6.03 Å². The van der Waals surface area contributed by atoms with Crippen LogP contribution in [0.4, 0.5) is 4.79 Å². The SMILES string of the molecule is NC(=O)NC(=O)CCn1c(CS(=O)(=O)c2ccccc2)nc2ccccc21. The van der Waals surface area contributed by atoms with Crippen molar-refractivity contribution in [3.8, 4) is 0 Å². The summed E-state index contributed by atoms with van der Waals surface area (Å²) in [5, 5.41) is 1.99. The van der Waals surface area contributed by atoms with Crippen LogP contribution in [0.2, 0.25) is 0 Å². The third kappa shape index (κ3) is 4.32. The zero-order valence-electron chi connectivity index (χ0n) is 14.3. The van der Waals surface area contributed by atoms with Crippen LogP contribution in [-0.4, -0.2) is 29.9 Å². The number of carbonyl (C=O) groups excluding carboxylic acids is 2. The number of rotatable bonds is 6. The summed E-state index contributed by atoms with van der Waals surface area (Å²) in [6, 6.07) is 14.4. The predicted octanol–water partition coefficient (Wildman–Crippen LogP) is 1.60. The van der Waals surface area contributed by atoms with Gasteiger partial charge in [-0.3, -0.25) is 10.1 Å². The summed E-state index contributed by atoms with van der Waals surface area (Å²) in [5.41, 5.74) is 6.28. The molecule has 0 saturated carbocycles. The number of amides is 3. The Kier molecular flexibility index (Phi) is 5.22. The molecule has 0 atom stereocenters. The van der Waals surface area contributed by atoms with Gasteiger partial charge in [-0.25, -0.2) is 18.2 Å². The standard InChI is InChI=1S/C18H18N4O4S/c19-18(24)21-17(23)10-11-22-15-9-5-4-8-14(15)20-16(22)12-27(25,26)13-6-2-1-3-7-13/h1-9H,10-12H2,(H3,19,21,23,24). The number of hydrogen-bond acceptors (Lipinski definition) is 5. The molecule has 3 aromatic rings. The van der Waals surface area contributed by atoms with Gasteiger partial charge < -0.3 is 10.3 Å². The number of para-hydroxylation sites is 2. The number of imidazole rings is 1. The molecule has 0 spiro atoms. The van der Waals surface area contributed by atoms with Crippen LogP contribution in [0.1, 0.15) is 12.2 Å². The molecule has 1 heterocycles. The first kappa shape index (κ1) is 18.6. The maximum atomic E-state index is 12.7. The first-order valence-corrected chi connectivity index (χ1v) is 9.83. The monoisotopic (exact) mass is 386 g/mol. The van der Waals surface area contributed by atoms with Gasteiger partial charge in [0, 0.05) is 13.0 Å². The summed E-state index contributed by atoms with van der Waals surface area (Å²) in [4.78, 5) is 27.2. The Morgan fingerprint density at radius 1 is 1.04 bits per heavy atom. The molecule has 0 aliphatic heterocycles. The average Bonchev–Trinajstić information content (AvgIpc) is 2.96. The molecule has 140 valence electrons. The van der Waals surface area contributed by atoms with Crippen LogP contribution in [0.5, 0.6) is 0 Å². The maximum absolute atomic E-state index is 12.7. The quantitative estimate of drug-likeness (QED) is 0.666. The number of aryl methyl sites for hydroxylation is 1. The minimum Gasteiger partial charge on any atom is -0.351 e. The van der Waals surface area contributed by atoms with E-state index in [4.69, 9.17) is 5.73 Å². The van der Waals surface area contributed by atoms with Crippen LogP contribution in [0.3, 0.4) is 0 Å². The minimum atomic E-state index is -3.60. The van der Waals surface area contributed by atoms with Crippen molar-refractivity contribution < 1.29 is 18.0 Å². The van der Waals surface area contributed by atoms with Crippen LogP contribution >= 0.6 is 0 Å². The number of nitrogens with two attached hydrogens (primary N) is 1. The molecular weight excluding hydrogens is 368 g/mol. The Hall–Kier alpha value is -3.20. The number of aromatic nitrogens is 2.